The second kappa shape index (κ2) is 8.50. The van der Waals surface area contributed by atoms with Crippen molar-refractivity contribution in [2.75, 3.05) is 24.4 Å². The summed E-state index contributed by atoms with van der Waals surface area (Å²) in [6, 6.07) is 7.33. The highest BCUT2D eigenvalue weighted by Crippen LogP contribution is 2.18. The Morgan fingerprint density at radius 2 is 1.91 bits per heavy atom. The predicted molar refractivity (Wildman–Crippen MR) is 91.9 cm³/mol. The first-order chi connectivity index (χ1) is 10.6. The molecule has 1 fully saturated rings. The van der Waals surface area contributed by atoms with Gasteiger partial charge in [0.2, 0.25) is 10.0 Å². The number of alkyl halides is 1. The lowest BCUT2D eigenvalue weighted by Crippen LogP contribution is -2.29. The fourth-order valence-electron chi connectivity index (χ4n) is 2.30. The highest BCUT2D eigenvalue weighted by atomic mass is 35.5. The van der Waals surface area contributed by atoms with E-state index in [9.17, 15) is 8.42 Å². The largest absolute Gasteiger partial charge is 0.279 e. The Morgan fingerprint density at radius 3 is 2.55 bits per heavy atom. The summed E-state index contributed by atoms with van der Waals surface area (Å²) in [4.78, 5) is 0. The van der Waals surface area contributed by atoms with Gasteiger partial charge in [0.05, 0.1) is 11.4 Å². The number of hydrazone groups is 1. The standard InChI is InChI=1S/C15H22ClN3O2S/c16-9-1-2-10-17-18-15-7-5-14(6-8-15)13-22(20,21)19-11-3-4-12-19/h5-8,10,18H,1-4,9,11-13H2/b17-10+. The number of halogens is 1. The molecule has 5 nitrogen and oxygen atoms in total. The number of nitrogens with one attached hydrogen (secondary N) is 1. The highest BCUT2D eigenvalue weighted by molar-refractivity contribution is 7.88. The zero-order chi connectivity index (χ0) is 15.8. The van der Waals surface area contributed by atoms with E-state index in [0.717, 1.165) is 36.9 Å². The van der Waals surface area contributed by atoms with Crippen LogP contribution in [0, 0.1) is 0 Å². The molecule has 1 N–H and O–H groups in total. The molecule has 0 aromatic heterocycles. The molecular weight excluding hydrogens is 322 g/mol. The summed E-state index contributed by atoms with van der Waals surface area (Å²) in [6.45, 7) is 1.30. The lowest BCUT2D eigenvalue weighted by atomic mass is 10.2. The van der Waals surface area contributed by atoms with Gasteiger partial charge in [-0.3, -0.25) is 5.43 Å². The summed E-state index contributed by atoms with van der Waals surface area (Å²) in [7, 11) is -3.18. The van der Waals surface area contributed by atoms with Crippen molar-refractivity contribution in [3.8, 4) is 0 Å². The van der Waals surface area contributed by atoms with Crippen molar-refractivity contribution in [1.29, 1.82) is 0 Å². The molecular formula is C15H22ClN3O2S. The summed E-state index contributed by atoms with van der Waals surface area (Å²) < 4.78 is 26.1. The first kappa shape index (κ1) is 17.2. The van der Waals surface area contributed by atoms with Gasteiger partial charge in [-0.2, -0.15) is 5.10 Å². The van der Waals surface area contributed by atoms with Crippen LogP contribution in [0.4, 0.5) is 5.69 Å². The molecule has 0 radical (unpaired) electrons. The fourth-order valence-corrected chi connectivity index (χ4v) is 4.06. The van der Waals surface area contributed by atoms with Gasteiger partial charge >= 0.3 is 0 Å². The molecule has 1 heterocycles. The number of nitrogens with zero attached hydrogens (tertiary/aromatic N) is 2. The quantitative estimate of drug-likeness (QED) is 0.341. The average Bonchev–Trinajstić information content (AvgIpc) is 3.04. The van der Waals surface area contributed by atoms with E-state index in [1.54, 1.807) is 10.5 Å². The van der Waals surface area contributed by atoms with Crippen LogP contribution >= 0.6 is 11.6 Å². The van der Waals surface area contributed by atoms with E-state index in [4.69, 9.17) is 11.6 Å². The fraction of sp³-hybridized carbons (Fsp3) is 0.533. The van der Waals surface area contributed by atoms with Crippen LogP contribution in [-0.2, 0) is 15.8 Å². The highest BCUT2D eigenvalue weighted by Gasteiger charge is 2.25. The average molecular weight is 344 g/mol. The predicted octanol–water partition coefficient (Wildman–Crippen LogP) is 3.03. The Hall–Kier alpha value is -1.11. The van der Waals surface area contributed by atoms with E-state index in [0.29, 0.717) is 19.0 Å². The molecule has 7 heteroatoms. The third-order valence-corrected chi connectivity index (χ3v) is 5.63. The lowest BCUT2D eigenvalue weighted by Gasteiger charge is -2.15. The number of hydrogen-bond acceptors (Lipinski definition) is 4. The summed E-state index contributed by atoms with van der Waals surface area (Å²) in [6.07, 6.45) is 5.45. The van der Waals surface area contributed by atoms with Gasteiger partial charge in [0, 0.05) is 25.2 Å². The van der Waals surface area contributed by atoms with Gasteiger partial charge < -0.3 is 0 Å². The Kier molecular flexibility index (Phi) is 6.67. The van der Waals surface area contributed by atoms with Crippen LogP contribution in [0.5, 0.6) is 0 Å². The summed E-state index contributed by atoms with van der Waals surface area (Å²) in [5.41, 5.74) is 4.55. The van der Waals surface area contributed by atoms with Crippen molar-refractivity contribution in [2.45, 2.75) is 31.4 Å². The van der Waals surface area contributed by atoms with Crippen LogP contribution in [0.1, 0.15) is 31.2 Å². The SMILES string of the molecule is O=S(=O)(Cc1ccc(N/N=C/CCCCl)cc1)N1CCCC1. The van der Waals surface area contributed by atoms with Crippen molar-refractivity contribution in [3.05, 3.63) is 29.8 Å². The second-order valence-electron chi connectivity index (χ2n) is 5.31. The number of unbranched alkanes of at least 4 members (excludes halogenated alkanes) is 1. The number of rotatable bonds is 8. The molecule has 0 aliphatic carbocycles. The van der Waals surface area contributed by atoms with Crippen LogP contribution in [0.25, 0.3) is 0 Å². The zero-order valence-corrected chi connectivity index (χ0v) is 14.1. The third kappa shape index (κ3) is 5.26. The molecule has 122 valence electrons. The van der Waals surface area contributed by atoms with Crippen molar-refractivity contribution in [3.63, 3.8) is 0 Å². The van der Waals surface area contributed by atoms with Crippen LogP contribution in [0.15, 0.2) is 29.4 Å². The van der Waals surface area contributed by atoms with Gasteiger partial charge in [-0.15, -0.1) is 11.6 Å². The maximum Gasteiger partial charge on any atom is 0.218 e. The molecule has 0 atom stereocenters. The van der Waals surface area contributed by atoms with Crippen molar-refractivity contribution in [2.24, 2.45) is 5.10 Å². The van der Waals surface area contributed by atoms with E-state index < -0.39 is 10.0 Å². The topological polar surface area (TPSA) is 61.8 Å². The Morgan fingerprint density at radius 1 is 1.23 bits per heavy atom. The molecule has 1 aromatic rings. The molecule has 1 aliphatic heterocycles. The molecule has 1 aliphatic rings. The normalized spacial score (nSPS) is 16.4. The molecule has 22 heavy (non-hydrogen) atoms. The minimum atomic E-state index is -3.18. The molecule has 0 saturated carbocycles. The molecule has 2 rings (SSSR count). The van der Waals surface area contributed by atoms with Crippen LogP contribution in [0.3, 0.4) is 0 Å². The Labute approximate surface area is 137 Å². The Bertz CT molecular complexity index is 581. The van der Waals surface area contributed by atoms with E-state index in [1.165, 1.54) is 0 Å². The molecule has 1 saturated heterocycles. The van der Waals surface area contributed by atoms with Gasteiger partial charge in [-0.1, -0.05) is 12.1 Å². The molecule has 1 aromatic carbocycles. The minimum Gasteiger partial charge on any atom is -0.279 e. The Balaban J connectivity index is 1.87. The van der Waals surface area contributed by atoms with Crippen LogP contribution in [0.2, 0.25) is 0 Å². The van der Waals surface area contributed by atoms with E-state index in [1.807, 2.05) is 24.3 Å². The van der Waals surface area contributed by atoms with E-state index >= 15 is 0 Å². The van der Waals surface area contributed by atoms with Gasteiger partial charge in [-0.25, -0.2) is 12.7 Å². The first-order valence-electron chi connectivity index (χ1n) is 7.52. The van der Waals surface area contributed by atoms with Crippen molar-refractivity contribution in [1.82, 2.24) is 4.31 Å². The minimum absolute atomic E-state index is 0.0618. The molecule has 0 unspecified atom stereocenters. The summed E-state index contributed by atoms with van der Waals surface area (Å²) in [5.74, 6) is 0.693. The summed E-state index contributed by atoms with van der Waals surface area (Å²) in [5, 5.41) is 4.09. The van der Waals surface area contributed by atoms with Gasteiger partial charge in [0.15, 0.2) is 0 Å². The van der Waals surface area contributed by atoms with E-state index in [2.05, 4.69) is 10.5 Å². The van der Waals surface area contributed by atoms with Crippen LogP contribution < -0.4 is 5.43 Å². The zero-order valence-electron chi connectivity index (χ0n) is 12.5. The third-order valence-electron chi connectivity index (χ3n) is 3.51. The first-order valence-corrected chi connectivity index (χ1v) is 9.66. The van der Waals surface area contributed by atoms with Gasteiger partial charge in [0.25, 0.3) is 0 Å². The number of benzene rings is 1. The van der Waals surface area contributed by atoms with Gasteiger partial charge in [-0.05, 0) is 43.4 Å². The molecule has 0 bridgehead atoms. The van der Waals surface area contributed by atoms with E-state index in [-0.39, 0.29) is 5.75 Å². The number of anilines is 1. The van der Waals surface area contributed by atoms with Crippen LogP contribution in [-0.4, -0.2) is 37.9 Å². The lowest BCUT2D eigenvalue weighted by molar-refractivity contribution is 0.476. The maximum atomic E-state index is 12.2. The molecule has 0 amide bonds. The maximum absolute atomic E-state index is 12.2. The van der Waals surface area contributed by atoms with Crippen molar-refractivity contribution < 1.29 is 8.42 Å². The summed E-state index contributed by atoms with van der Waals surface area (Å²) >= 11 is 5.58. The molecule has 0 spiro atoms. The second-order valence-corrected chi connectivity index (χ2v) is 7.66. The number of hydrogen-bond donors (Lipinski definition) is 1. The smallest absolute Gasteiger partial charge is 0.218 e. The van der Waals surface area contributed by atoms with Crippen molar-refractivity contribution >= 4 is 33.5 Å². The number of sulfonamides is 1. The van der Waals surface area contributed by atoms with Gasteiger partial charge in [0.1, 0.15) is 0 Å². The monoisotopic (exact) mass is 343 g/mol.